The van der Waals surface area contributed by atoms with Crippen molar-refractivity contribution in [1.29, 1.82) is 0 Å². The normalized spacial score (nSPS) is 15.7. The zero-order valence-corrected chi connectivity index (χ0v) is 12.2. The van der Waals surface area contributed by atoms with Crippen LogP contribution in [0.2, 0.25) is 0 Å². The Morgan fingerprint density at radius 1 is 1.33 bits per heavy atom. The first-order valence-electron chi connectivity index (χ1n) is 6.44. The van der Waals surface area contributed by atoms with Crippen LogP contribution in [0.1, 0.15) is 31.2 Å². The average Bonchev–Trinajstić information content (AvgIpc) is 2.78. The number of carbonyl (C=O) groups excluding carboxylic acids is 1. The van der Waals surface area contributed by atoms with E-state index in [4.69, 9.17) is 0 Å². The lowest BCUT2D eigenvalue weighted by Crippen LogP contribution is -2.36. The summed E-state index contributed by atoms with van der Waals surface area (Å²) in [7, 11) is 0. The minimum Gasteiger partial charge on any atom is -0.376 e. The van der Waals surface area contributed by atoms with Gasteiger partial charge in [-0.2, -0.15) is 0 Å². The predicted octanol–water partition coefficient (Wildman–Crippen LogP) is 3.23. The lowest BCUT2D eigenvalue weighted by atomic mass is 10.2. The van der Waals surface area contributed by atoms with Gasteiger partial charge in [0.1, 0.15) is 0 Å². The highest BCUT2D eigenvalue weighted by Crippen LogP contribution is 2.19. The molecule has 98 valence electrons. The molecular weight excluding hydrogens is 292 g/mol. The summed E-state index contributed by atoms with van der Waals surface area (Å²) in [6, 6.07) is 6.45. The molecule has 2 N–H and O–H groups in total. The molecule has 1 aromatic rings. The van der Waals surface area contributed by atoms with Crippen molar-refractivity contribution in [1.82, 2.24) is 5.32 Å². The van der Waals surface area contributed by atoms with Crippen molar-refractivity contribution in [2.75, 3.05) is 11.9 Å². The third-order valence-electron chi connectivity index (χ3n) is 3.22. The van der Waals surface area contributed by atoms with E-state index < -0.39 is 0 Å². The van der Waals surface area contributed by atoms with Gasteiger partial charge in [-0.15, -0.1) is 0 Å². The van der Waals surface area contributed by atoms with Crippen LogP contribution < -0.4 is 10.6 Å². The average molecular weight is 311 g/mol. The van der Waals surface area contributed by atoms with E-state index in [-0.39, 0.29) is 5.91 Å². The van der Waals surface area contributed by atoms with E-state index in [0.717, 1.165) is 23.0 Å². The van der Waals surface area contributed by atoms with Gasteiger partial charge in [0.15, 0.2) is 0 Å². The fraction of sp³-hybridized carbons (Fsp3) is 0.500. The molecule has 2 rings (SSSR count). The molecule has 1 aliphatic carbocycles. The zero-order chi connectivity index (χ0) is 13.0. The van der Waals surface area contributed by atoms with E-state index in [0.29, 0.717) is 12.6 Å². The quantitative estimate of drug-likeness (QED) is 0.896. The number of hydrogen-bond donors (Lipinski definition) is 2. The molecule has 4 heteroatoms. The SMILES string of the molecule is Cc1cc(Br)cc(NCC(=O)NC2CCCC2)c1. The van der Waals surface area contributed by atoms with Gasteiger partial charge in [0.05, 0.1) is 6.54 Å². The number of amides is 1. The van der Waals surface area contributed by atoms with Crippen molar-refractivity contribution in [3.8, 4) is 0 Å². The number of nitrogens with one attached hydrogen (secondary N) is 2. The van der Waals surface area contributed by atoms with Crippen molar-refractivity contribution in [2.24, 2.45) is 0 Å². The molecule has 0 aliphatic heterocycles. The Bertz CT molecular complexity index is 408. The van der Waals surface area contributed by atoms with Crippen LogP contribution in [0.15, 0.2) is 22.7 Å². The number of halogens is 1. The van der Waals surface area contributed by atoms with Gasteiger partial charge in [0.2, 0.25) is 5.91 Å². The van der Waals surface area contributed by atoms with Crippen LogP contribution >= 0.6 is 15.9 Å². The van der Waals surface area contributed by atoms with Gasteiger partial charge in [0.25, 0.3) is 0 Å². The summed E-state index contributed by atoms with van der Waals surface area (Å²) >= 11 is 3.45. The molecule has 3 nitrogen and oxygen atoms in total. The molecule has 1 aromatic carbocycles. The highest BCUT2D eigenvalue weighted by atomic mass is 79.9. The van der Waals surface area contributed by atoms with Gasteiger partial charge in [-0.25, -0.2) is 0 Å². The summed E-state index contributed by atoms with van der Waals surface area (Å²) in [5.41, 5.74) is 2.14. The maximum absolute atomic E-state index is 11.8. The molecular formula is C14H19BrN2O. The summed E-state index contributed by atoms with van der Waals surface area (Å²) in [4.78, 5) is 11.8. The Hall–Kier alpha value is -1.03. The minimum atomic E-state index is 0.0829. The first kappa shape index (κ1) is 13.4. The number of anilines is 1. The largest absolute Gasteiger partial charge is 0.376 e. The highest BCUT2D eigenvalue weighted by molar-refractivity contribution is 9.10. The second-order valence-corrected chi connectivity index (χ2v) is 5.84. The van der Waals surface area contributed by atoms with Gasteiger partial charge in [-0.3, -0.25) is 4.79 Å². The molecule has 0 saturated heterocycles. The van der Waals surface area contributed by atoms with Crippen molar-refractivity contribution in [3.63, 3.8) is 0 Å². The van der Waals surface area contributed by atoms with Crippen LogP contribution in [0.25, 0.3) is 0 Å². The Morgan fingerprint density at radius 2 is 2.06 bits per heavy atom. The molecule has 1 fully saturated rings. The Labute approximate surface area is 116 Å². The van der Waals surface area contributed by atoms with Gasteiger partial charge in [-0.05, 0) is 43.5 Å². The summed E-state index contributed by atoms with van der Waals surface area (Å²) in [6.45, 7) is 2.38. The molecule has 0 heterocycles. The van der Waals surface area contributed by atoms with Crippen LogP contribution in [0.4, 0.5) is 5.69 Å². The lowest BCUT2D eigenvalue weighted by Gasteiger charge is -2.13. The maximum Gasteiger partial charge on any atom is 0.239 e. The van der Waals surface area contributed by atoms with Gasteiger partial charge in [-0.1, -0.05) is 28.8 Å². The first-order chi connectivity index (χ1) is 8.63. The van der Waals surface area contributed by atoms with E-state index in [9.17, 15) is 4.79 Å². The number of rotatable bonds is 4. The number of benzene rings is 1. The van der Waals surface area contributed by atoms with E-state index in [1.807, 2.05) is 25.1 Å². The van der Waals surface area contributed by atoms with Crippen molar-refractivity contribution >= 4 is 27.5 Å². The topological polar surface area (TPSA) is 41.1 Å². The fourth-order valence-corrected chi connectivity index (χ4v) is 2.98. The zero-order valence-electron chi connectivity index (χ0n) is 10.6. The summed E-state index contributed by atoms with van der Waals surface area (Å²) in [5.74, 6) is 0.0829. The third-order valence-corrected chi connectivity index (χ3v) is 3.67. The molecule has 0 radical (unpaired) electrons. The maximum atomic E-state index is 11.8. The van der Waals surface area contributed by atoms with Crippen molar-refractivity contribution < 1.29 is 4.79 Å². The van der Waals surface area contributed by atoms with Crippen molar-refractivity contribution in [3.05, 3.63) is 28.2 Å². The molecule has 0 atom stereocenters. The van der Waals surface area contributed by atoms with Crippen LogP contribution in [0.3, 0.4) is 0 Å². The minimum absolute atomic E-state index is 0.0829. The lowest BCUT2D eigenvalue weighted by molar-refractivity contribution is -0.120. The number of hydrogen-bond acceptors (Lipinski definition) is 2. The highest BCUT2D eigenvalue weighted by Gasteiger charge is 2.16. The second kappa shape index (κ2) is 6.23. The molecule has 0 bridgehead atoms. The molecule has 1 aliphatic rings. The first-order valence-corrected chi connectivity index (χ1v) is 7.23. The molecule has 0 unspecified atom stereocenters. The van der Waals surface area contributed by atoms with E-state index in [1.54, 1.807) is 0 Å². The van der Waals surface area contributed by atoms with Crippen LogP contribution in [0, 0.1) is 6.92 Å². The Morgan fingerprint density at radius 3 is 2.72 bits per heavy atom. The van der Waals surface area contributed by atoms with Gasteiger partial charge < -0.3 is 10.6 Å². The van der Waals surface area contributed by atoms with E-state index >= 15 is 0 Å². The van der Waals surface area contributed by atoms with Crippen molar-refractivity contribution in [2.45, 2.75) is 38.6 Å². The van der Waals surface area contributed by atoms with Crippen LogP contribution in [0.5, 0.6) is 0 Å². The van der Waals surface area contributed by atoms with Gasteiger partial charge in [0, 0.05) is 16.2 Å². The second-order valence-electron chi connectivity index (χ2n) is 4.92. The molecule has 1 saturated carbocycles. The monoisotopic (exact) mass is 310 g/mol. The molecule has 0 aromatic heterocycles. The fourth-order valence-electron chi connectivity index (χ4n) is 2.37. The summed E-state index contributed by atoms with van der Waals surface area (Å²) in [5, 5.41) is 6.22. The molecule has 18 heavy (non-hydrogen) atoms. The molecule has 1 amide bonds. The van der Waals surface area contributed by atoms with E-state index in [1.165, 1.54) is 18.4 Å². The predicted molar refractivity (Wildman–Crippen MR) is 77.8 cm³/mol. The molecule has 0 spiro atoms. The standard InChI is InChI=1S/C14H19BrN2O/c1-10-6-11(15)8-13(7-10)16-9-14(18)17-12-4-2-3-5-12/h6-8,12,16H,2-5,9H2,1H3,(H,17,18). The smallest absolute Gasteiger partial charge is 0.239 e. The Kier molecular flexibility index (Phi) is 4.64. The number of aryl methyl sites for hydroxylation is 1. The number of carbonyl (C=O) groups is 1. The van der Waals surface area contributed by atoms with Crippen LogP contribution in [-0.2, 0) is 4.79 Å². The van der Waals surface area contributed by atoms with Gasteiger partial charge >= 0.3 is 0 Å². The summed E-state index contributed by atoms with van der Waals surface area (Å²) < 4.78 is 1.03. The summed E-state index contributed by atoms with van der Waals surface area (Å²) in [6.07, 6.45) is 4.73. The van der Waals surface area contributed by atoms with Crippen LogP contribution in [-0.4, -0.2) is 18.5 Å². The van der Waals surface area contributed by atoms with E-state index in [2.05, 4.69) is 26.6 Å². The Balaban J connectivity index is 1.81. The third kappa shape index (κ3) is 4.02.